The average Bonchev–Trinajstić information content (AvgIpc) is 2.54. The predicted octanol–water partition coefficient (Wildman–Crippen LogP) is 3.13. The van der Waals surface area contributed by atoms with Gasteiger partial charge in [0.1, 0.15) is 5.82 Å². The monoisotopic (exact) mass is 329 g/mol. The maximum atomic E-state index is 13.5. The van der Waals surface area contributed by atoms with E-state index in [4.69, 9.17) is 5.73 Å². The highest BCUT2D eigenvalue weighted by molar-refractivity contribution is 5.87. The van der Waals surface area contributed by atoms with Crippen LogP contribution in [0, 0.1) is 5.82 Å². The van der Waals surface area contributed by atoms with Crippen LogP contribution in [0.25, 0.3) is 0 Å². The van der Waals surface area contributed by atoms with Gasteiger partial charge in [-0.25, -0.2) is 9.18 Å². The van der Waals surface area contributed by atoms with Gasteiger partial charge in [0.25, 0.3) is 0 Å². The zero-order chi connectivity index (χ0) is 17.5. The Morgan fingerprint density at radius 2 is 1.79 bits per heavy atom. The second-order valence-corrected chi connectivity index (χ2v) is 5.49. The highest BCUT2D eigenvalue weighted by Crippen LogP contribution is 2.16. The highest BCUT2D eigenvalue weighted by Gasteiger charge is 2.11. The molecule has 5 nitrogen and oxygen atoms in total. The summed E-state index contributed by atoms with van der Waals surface area (Å²) in [6, 6.07) is 12.6. The lowest BCUT2D eigenvalue weighted by atomic mass is 10.1. The lowest BCUT2D eigenvalue weighted by Gasteiger charge is -2.15. The van der Waals surface area contributed by atoms with E-state index in [1.54, 1.807) is 42.5 Å². The van der Waals surface area contributed by atoms with Gasteiger partial charge in [-0.15, -0.1) is 0 Å². The molecular formula is C18H20FN3O2. The lowest BCUT2D eigenvalue weighted by molar-refractivity contribution is -0.121. The van der Waals surface area contributed by atoms with Crippen LogP contribution in [0.4, 0.5) is 14.9 Å². The van der Waals surface area contributed by atoms with Crippen molar-refractivity contribution in [1.29, 1.82) is 0 Å². The third-order valence-electron chi connectivity index (χ3n) is 3.63. The zero-order valence-electron chi connectivity index (χ0n) is 13.4. The van der Waals surface area contributed by atoms with Gasteiger partial charge in [-0.3, -0.25) is 4.79 Å². The third kappa shape index (κ3) is 5.08. The van der Waals surface area contributed by atoms with Crippen molar-refractivity contribution in [2.24, 2.45) is 5.73 Å². The van der Waals surface area contributed by atoms with E-state index in [1.807, 2.05) is 6.92 Å². The maximum Gasteiger partial charge on any atom is 0.316 e. The van der Waals surface area contributed by atoms with Crippen molar-refractivity contribution >= 4 is 17.6 Å². The summed E-state index contributed by atoms with van der Waals surface area (Å²) >= 11 is 0. The first-order valence-electron chi connectivity index (χ1n) is 7.65. The fraction of sp³-hybridized carbons (Fsp3) is 0.222. The minimum absolute atomic E-state index is 0.148. The number of halogens is 1. The zero-order valence-corrected chi connectivity index (χ0v) is 13.4. The van der Waals surface area contributed by atoms with Crippen molar-refractivity contribution in [3.63, 3.8) is 0 Å². The van der Waals surface area contributed by atoms with E-state index in [9.17, 15) is 14.0 Å². The summed E-state index contributed by atoms with van der Waals surface area (Å²) in [7, 11) is 0. The molecule has 0 radical (unpaired) electrons. The minimum Gasteiger partial charge on any atom is -0.351 e. The average molecular weight is 329 g/mol. The molecule has 0 aliphatic heterocycles. The van der Waals surface area contributed by atoms with Gasteiger partial charge in [0, 0.05) is 12.1 Å². The number of aryl methyl sites for hydroxylation is 1. The summed E-state index contributed by atoms with van der Waals surface area (Å²) in [6.07, 6.45) is 0.569. The minimum atomic E-state index is -0.628. The maximum absolute atomic E-state index is 13.5. The number of nitrogens with two attached hydrogens (primary N) is 1. The standard InChI is InChI=1S/C18H20FN3O2/c1-12(13-6-9-15(10-7-13)22-18(20)24)21-17(23)11-8-14-4-2-3-5-16(14)19/h2-7,9-10,12H,8,11H2,1H3,(H,21,23)(H3,20,22,24). The molecule has 1 atom stereocenters. The number of carbonyl (C=O) groups excluding carboxylic acids is 2. The SMILES string of the molecule is CC(NC(=O)CCc1ccccc1F)c1ccc(NC(N)=O)cc1. The summed E-state index contributed by atoms with van der Waals surface area (Å²) in [5.74, 6) is -0.444. The van der Waals surface area contributed by atoms with Crippen LogP contribution in [0.5, 0.6) is 0 Å². The van der Waals surface area contributed by atoms with Crippen LogP contribution in [-0.2, 0) is 11.2 Å². The topological polar surface area (TPSA) is 84.2 Å². The van der Waals surface area contributed by atoms with Gasteiger partial charge in [0.15, 0.2) is 0 Å². The van der Waals surface area contributed by atoms with Gasteiger partial charge in [0.2, 0.25) is 5.91 Å². The fourth-order valence-electron chi connectivity index (χ4n) is 2.34. The molecule has 0 aliphatic rings. The number of benzene rings is 2. The number of nitrogens with one attached hydrogen (secondary N) is 2. The molecule has 0 aromatic heterocycles. The molecule has 0 saturated carbocycles. The van der Waals surface area contributed by atoms with E-state index in [0.717, 1.165) is 5.56 Å². The number of anilines is 1. The van der Waals surface area contributed by atoms with Crippen LogP contribution in [0.15, 0.2) is 48.5 Å². The first-order valence-corrected chi connectivity index (χ1v) is 7.65. The van der Waals surface area contributed by atoms with E-state index in [2.05, 4.69) is 10.6 Å². The van der Waals surface area contributed by atoms with Crippen LogP contribution >= 0.6 is 0 Å². The van der Waals surface area contributed by atoms with Crippen molar-refractivity contribution in [2.75, 3.05) is 5.32 Å². The molecule has 0 spiro atoms. The van der Waals surface area contributed by atoms with Crippen molar-refractivity contribution < 1.29 is 14.0 Å². The molecule has 0 aliphatic carbocycles. The van der Waals surface area contributed by atoms with Gasteiger partial charge in [-0.05, 0) is 42.7 Å². The fourth-order valence-corrected chi connectivity index (χ4v) is 2.34. The van der Waals surface area contributed by atoms with Gasteiger partial charge in [-0.2, -0.15) is 0 Å². The van der Waals surface area contributed by atoms with Crippen LogP contribution in [0.2, 0.25) is 0 Å². The summed E-state index contributed by atoms with van der Waals surface area (Å²) in [5, 5.41) is 5.34. The molecule has 2 aromatic rings. The van der Waals surface area contributed by atoms with E-state index in [0.29, 0.717) is 17.7 Å². The molecule has 4 N–H and O–H groups in total. The van der Waals surface area contributed by atoms with Crippen molar-refractivity contribution in [3.05, 3.63) is 65.5 Å². The Balaban J connectivity index is 1.87. The van der Waals surface area contributed by atoms with Gasteiger partial charge < -0.3 is 16.4 Å². The summed E-state index contributed by atoms with van der Waals surface area (Å²) in [4.78, 5) is 22.8. The summed E-state index contributed by atoms with van der Waals surface area (Å²) in [6.45, 7) is 1.86. The Hall–Kier alpha value is -2.89. The molecule has 0 bridgehead atoms. The molecule has 126 valence electrons. The van der Waals surface area contributed by atoms with Crippen LogP contribution < -0.4 is 16.4 Å². The van der Waals surface area contributed by atoms with Crippen LogP contribution in [-0.4, -0.2) is 11.9 Å². The first kappa shape index (κ1) is 17.5. The number of amides is 3. The van der Waals surface area contributed by atoms with Gasteiger partial charge in [0.05, 0.1) is 6.04 Å². The Kier molecular flexibility index (Phi) is 5.89. The summed E-state index contributed by atoms with van der Waals surface area (Å²) < 4.78 is 13.5. The summed E-state index contributed by atoms with van der Waals surface area (Å²) in [5.41, 5.74) is 7.06. The molecule has 1 unspecified atom stereocenters. The number of rotatable bonds is 6. The second-order valence-electron chi connectivity index (χ2n) is 5.49. The quantitative estimate of drug-likeness (QED) is 0.761. The van der Waals surface area contributed by atoms with Gasteiger partial charge >= 0.3 is 6.03 Å². The van der Waals surface area contributed by atoms with Crippen molar-refractivity contribution in [1.82, 2.24) is 5.32 Å². The second kappa shape index (κ2) is 8.10. The normalized spacial score (nSPS) is 11.6. The number of urea groups is 1. The predicted molar refractivity (Wildman–Crippen MR) is 90.9 cm³/mol. The molecule has 6 heteroatoms. The van der Waals surface area contributed by atoms with Crippen molar-refractivity contribution in [3.8, 4) is 0 Å². The van der Waals surface area contributed by atoms with E-state index < -0.39 is 6.03 Å². The number of hydrogen-bond acceptors (Lipinski definition) is 2. The molecule has 0 saturated heterocycles. The Labute approximate surface area is 140 Å². The Morgan fingerprint density at radius 1 is 1.12 bits per heavy atom. The smallest absolute Gasteiger partial charge is 0.316 e. The van der Waals surface area contributed by atoms with Gasteiger partial charge in [-0.1, -0.05) is 30.3 Å². The Morgan fingerprint density at radius 3 is 2.42 bits per heavy atom. The molecule has 0 fully saturated rings. The largest absolute Gasteiger partial charge is 0.351 e. The van der Waals surface area contributed by atoms with E-state index in [1.165, 1.54) is 6.07 Å². The van der Waals surface area contributed by atoms with Crippen LogP contribution in [0.3, 0.4) is 0 Å². The highest BCUT2D eigenvalue weighted by atomic mass is 19.1. The van der Waals surface area contributed by atoms with E-state index in [-0.39, 0.29) is 24.2 Å². The first-order chi connectivity index (χ1) is 11.5. The molecule has 24 heavy (non-hydrogen) atoms. The Bertz CT molecular complexity index is 716. The van der Waals surface area contributed by atoms with Crippen LogP contribution in [0.1, 0.15) is 30.5 Å². The number of carbonyl (C=O) groups is 2. The molecule has 2 aromatic carbocycles. The molecule has 0 heterocycles. The number of hydrogen-bond donors (Lipinski definition) is 3. The lowest BCUT2D eigenvalue weighted by Crippen LogP contribution is -2.27. The van der Waals surface area contributed by atoms with Crippen molar-refractivity contribution in [2.45, 2.75) is 25.8 Å². The number of primary amides is 1. The third-order valence-corrected chi connectivity index (χ3v) is 3.63. The molecular weight excluding hydrogens is 309 g/mol. The van der Waals surface area contributed by atoms with E-state index >= 15 is 0 Å². The molecule has 3 amide bonds. The molecule has 2 rings (SSSR count).